The number of amidine groups is 1. The lowest BCUT2D eigenvalue weighted by Crippen LogP contribution is -2.56. The van der Waals surface area contributed by atoms with Gasteiger partial charge in [-0.1, -0.05) is 6.07 Å². The molecule has 7 nitrogen and oxygen atoms in total. The molecular weight excluding hydrogens is 469 g/mol. The highest BCUT2D eigenvalue weighted by Gasteiger charge is 2.45. The lowest BCUT2D eigenvalue weighted by molar-refractivity contribution is -0.0962. The number of benzene rings is 1. The number of nitrogens with zero attached hydrogens (tertiary/aromatic N) is 5. The molecule has 2 saturated heterocycles. The minimum atomic E-state index is -0.317. The number of methoxy groups -OCH3 is 1. The van der Waals surface area contributed by atoms with Crippen molar-refractivity contribution >= 4 is 11.9 Å². The number of aryl methyl sites for hydroxylation is 1. The second-order valence-corrected chi connectivity index (χ2v) is 10.2. The molecule has 2 aromatic heterocycles. The summed E-state index contributed by atoms with van der Waals surface area (Å²) in [6, 6.07) is 9.57. The Balaban J connectivity index is 1.39. The third-order valence-electron chi connectivity index (χ3n) is 7.63. The highest BCUT2D eigenvalue weighted by molar-refractivity contribution is 6.03. The Labute approximate surface area is 216 Å². The van der Waals surface area contributed by atoms with Crippen LogP contribution in [0, 0.1) is 12.7 Å². The zero-order chi connectivity index (χ0) is 25.4. The van der Waals surface area contributed by atoms with Crippen LogP contribution in [0.3, 0.4) is 0 Å². The summed E-state index contributed by atoms with van der Waals surface area (Å²) in [7, 11) is 1.69. The number of ether oxygens (including phenoxy) is 2. The van der Waals surface area contributed by atoms with Crippen molar-refractivity contribution in [1.29, 1.82) is 0 Å². The standard InChI is InChI=1S/C29H32FN5O2/c1-20-17-34(19-33-20)26-8-5-21(14-27(26)36-2)13-22-15-29(10-3-4-12-37-29)18-35-25(9-11-31-28(22)35)24-7-6-23(30)16-32-24/h5-8,13-14,16-17,19,25H,3-4,9-12,15,18H2,1-2H3/b22-13+. The molecule has 2 fully saturated rings. The first-order chi connectivity index (χ1) is 18.0. The average Bonchev–Trinajstić information content (AvgIpc) is 3.35. The maximum Gasteiger partial charge on any atom is 0.143 e. The highest BCUT2D eigenvalue weighted by atomic mass is 19.1. The molecule has 37 heavy (non-hydrogen) atoms. The molecular formula is C29H32FN5O2. The van der Waals surface area contributed by atoms with Crippen LogP contribution in [0.2, 0.25) is 0 Å². The van der Waals surface area contributed by atoms with Crippen molar-refractivity contribution < 1.29 is 13.9 Å². The molecule has 2 unspecified atom stereocenters. The average molecular weight is 502 g/mol. The van der Waals surface area contributed by atoms with E-state index in [1.54, 1.807) is 19.5 Å². The molecule has 0 bridgehead atoms. The number of rotatable bonds is 4. The SMILES string of the molecule is COc1cc(/C=C2\CC3(CCCCO3)CN3C2=NCCC3c2ccc(F)cn2)ccc1-n1cnc(C)c1. The molecule has 192 valence electrons. The quantitative estimate of drug-likeness (QED) is 0.486. The van der Waals surface area contributed by atoms with Crippen molar-refractivity contribution in [3.63, 3.8) is 0 Å². The van der Waals surface area contributed by atoms with Crippen LogP contribution in [-0.4, -0.2) is 57.7 Å². The number of halogens is 1. The van der Waals surface area contributed by atoms with E-state index in [9.17, 15) is 4.39 Å². The second kappa shape index (κ2) is 9.74. The number of hydrogen-bond donors (Lipinski definition) is 0. The number of pyridine rings is 1. The first-order valence-electron chi connectivity index (χ1n) is 13.0. The molecule has 0 N–H and O–H groups in total. The molecule has 6 rings (SSSR count). The molecule has 2 atom stereocenters. The maximum absolute atomic E-state index is 13.6. The summed E-state index contributed by atoms with van der Waals surface area (Å²) in [5, 5.41) is 0. The van der Waals surface area contributed by atoms with Gasteiger partial charge in [0.2, 0.25) is 0 Å². The van der Waals surface area contributed by atoms with E-state index >= 15 is 0 Å². The molecule has 8 heteroatoms. The number of aromatic nitrogens is 3. The monoisotopic (exact) mass is 501 g/mol. The van der Waals surface area contributed by atoms with Crippen LogP contribution in [0.25, 0.3) is 11.8 Å². The summed E-state index contributed by atoms with van der Waals surface area (Å²) in [6.07, 6.45) is 12.2. The number of aliphatic imine (C=N–C) groups is 1. The second-order valence-electron chi connectivity index (χ2n) is 10.2. The zero-order valence-electron chi connectivity index (χ0n) is 21.4. The largest absolute Gasteiger partial charge is 0.495 e. The Kier molecular flexibility index (Phi) is 6.28. The van der Waals surface area contributed by atoms with Crippen molar-refractivity contribution in [2.45, 2.75) is 50.7 Å². The number of piperidine rings is 1. The zero-order valence-corrected chi connectivity index (χ0v) is 21.4. The van der Waals surface area contributed by atoms with E-state index in [0.717, 1.165) is 85.1 Å². The topological polar surface area (TPSA) is 64.8 Å². The molecule has 0 saturated carbocycles. The van der Waals surface area contributed by atoms with Gasteiger partial charge in [-0.3, -0.25) is 9.98 Å². The fourth-order valence-electron chi connectivity index (χ4n) is 5.88. The van der Waals surface area contributed by atoms with Gasteiger partial charge >= 0.3 is 0 Å². The maximum atomic E-state index is 13.6. The molecule has 1 aromatic carbocycles. The number of imidazole rings is 1. The highest BCUT2D eigenvalue weighted by Crippen LogP contribution is 2.42. The molecule has 5 heterocycles. The third-order valence-corrected chi connectivity index (χ3v) is 7.63. The normalized spacial score (nSPS) is 24.7. The van der Waals surface area contributed by atoms with Gasteiger partial charge in [0, 0.05) is 32.3 Å². The summed E-state index contributed by atoms with van der Waals surface area (Å²) in [5.41, 5.74) is 4.73. The summed E-state index contributed by atoms with van der Waals surface area (Å²) in [6.45, 7) is 4.23. The predicted octanol–water partition coefficient (Wildman–Crippen LogP) is 5.30. The number of fused-ring (bicyclic) bond motifs is 1. The predicted molar refractivity (Wildman–Crippen MR) is 141 cm³/mol. The van der Waals surface area contributed by atoms with Crippen LogP contribution in [0.4, 0.5) is 4.39 Å². The molecule has 3 aliphatic rings. The Morgan fingerprint density at radius 3 is 2.84 bits per heavy atom. The van der Waals surface area contributed by atoms with E-state index < -0.39 is 0 Å². The Morgan fingerprint density at radius 2 is 2.11 bits per heavy atom. The van der Waals surface area contributed by atoms with Crippen molar-refractivity contribution in [2.24, 2.45) is 4.99 Å². The van der Waals surface area contributed by atoms with Crippen LogP contribution in [0.15, 0.2) is 59.6 Å². The van der Waals surface area contributed by atoms with E-state index in [0.29, 0.717) is 6.54 Å². The van der Waals surface area contributed by atoms with Crippen molar-refractivity contribution in [3.05, 3.63) is 77.4 Å². The van der Waals surface area contributed by atoms with Gasteiger partial charge in [-0.25, -0.2) is 9.37 Å². The molecule has 0 aliphatic carbocycles. The van der Waals surface area contributed by atoms with E-state index in [-0.39, 0.29) is 17.5 Å². The van der Waals surface area contributed by atoms with Crippen LogP contribution in [0.5, 0.6) is 5.75 Å². The molecule has 0 radical (unpaired) electrons. The van der Waals surface area contributed by atoms with Crippen LogP contribution >= 0.6 is 0 Å². The Bertz CT molecular complexity index is 1340. The van der Waals surface area contributed by atoms with Gasteiger partial charge < -0.3 is 18.9 Å². The third kappa shape index (κ3) is 4.66. The molecule has 0 amide bonds. The van der Waals surface area contributed by atoms with Gasteiger partial charge in [-0.2, -0.15) is 0 Å². The smallest absolute Gasteiger partial charge is 0.143 e. The van der Waals surface area contributed by atoms with Gasteiger partial charge in [0.15, 0.2) is 0 Å². The van der Waals surface area contributed by atoms with E-state index in [1.807, 2.05) is 17.7 Å². The van der Waals surface area contributed by atoms with Crippen LogP contribution in [0.1, 0.15) is 55.1 Å². The minimum absolute atomic E-state index is 0.0422. The van der Waals surface area contributed by atoms with Gasteiger partial charge in [0.05, 0.1) is 48.4 Å². The summed E-state index contributed by atoms with van der Waals surface area (Å²) < 4.78 is 27.9. The number of hydrogen-bond acceptors (Lipinski definition) is 6. The fourth-order valence-corrected chi connectivity index (χ4v) is 5.88. The van der Waals surface area contributed by atoms with E-state index in [2.05, 4.69) is 39.1 Å². The van der Waals surface area contributed by atoms with Crippen molar-refractivity contribution in [2.75, 3.05) is 26.8 Å². The molecule has 3 aliphatic heterocycles. The lowest BCUT2D eigenvalue weighted by Gasteiger charge is -2.50. The van der Waals surface area contributed by atoms with Crippen LogP contribution < -0.4 is 4.74 Å². The van der Waals surface area contributed by atoms with Crippen LogP contribution in [-0.2, 0) is 4.74 Å². The first kappa shape index (κ1) is 23.9. The molecule has 3 aromatic rings. The van der Waals surface area contributed by atoms with Gasteiger partial charge in [0.25, 0.3) is 0 Å². The van der Waals surface area contributed by atoms with E-state index in [1.165, 1.54) is 12.3 Å². The molecule has 1 spiro atoms. The fraction of sp³-hybridized carbons (Fsp3) is 0.414. The van der Waals surface area contributed by atoms with E-state index in [4.69, 9.17) is 14.5 Å². The Hall–Kier alpha value is -3.52. The van der Waals surface area contributed by atoms with Gasteiger partial charge in [-0.15, -0.1) is 0 Å². The summed E-state index contributed by atoms with van der Waals surface area (Å²) >= 11 is 0. The van der Waals surface area contributed by atoms with Crippen molar-refractivity contribution in [3.8, 4) is 11.4 Å². The minimum Gasteiger partial charge on any atom is -0.495 e. The lowest BCUT2D eigenvalue weighted by atomic mass is 9.80. The van der Waals surface area contributed by atoms with Crippen molar-refractivity contribution in [1.82, 2.24) is 19.4 Å². The first-order valence-corrected chi connectivity index (χ1v) is 13.0. The Morgan fingerprint density at radius 1 is 1.19 bits per heavy atom. The summed E-state index contributed by atoms with van der Waals surface area (Å²) in [4.78, 5) is 16.1. The van der Waals surface area contributed by atoms with Gasteiger partial charge in [-0.05, 0) is 74.1 Å². The van der Waals surface area contributed by atoms with Gasteiger partial charge in [0.1, 0.15) is 17.4 Å². The summed E-state index contributed by atoms with van der Waals surface area (Å²) in [5.74, 6) is 1.46.